The van der Waals surface area contributed by atoms with Crippen molar-refractivity contribution in [3.05, 3.63) is 36.0 Å². The van der Waals surface area contributed by atoms with Gasteiger partial charge in [-0.25, -0.2) is 4.98 Å². The first-order chi connectivity index (χ1) is 14.5. The fourth-order valence-corrected chi connectivity index (χ4v) is 4.22. The Bertz CT molecular complexity index is 873. The molecule has 1 unspecified atom stereocenters. The highest BCUT2D eigenvalue weighted by atomic mass is 16.5. The van der Waals surface area contributed by atoms with Crippen LogP contribution in [-0.2, 0) is 4.74 Å². The standard InChI is InChI=1S/C24H33N3O3/c1-16(2)27-12-10-19(11-13-27)30-20-7-9-21-18(14-20)6-8-22(25-21)24(28)26-23(15-29-3)17-4-5-17/h6-9,14,16-17,19,23H,4-5,10-13,15H2,1-3H3,(H,26,28). The van der Waals surface area contributed by atoms with Crippen molar-refractivity contribution in [3.63, 3.8) is 0 Å². The van der Waals surface area contributed by atoms with E-state index in [0.717, 1.165) is 55.4 Å². The quantitative estimate of drug-likeness (QED) is 0.719. The normalized spacial score (nSPS) is 19.2. The molecule has 4 rings (SSSR count). The Balaban J connectivity index is 1.39. The highest BCUT2D eigenvalue weighted by Crippen LogP contribution is 2.33. The predicted molar refractivity (Wildman–Crippen MR) is 118 cm³/mol. The molecule has 1 saturated carbocycles. The van der Waals surface area contributed by atoms with Crippen LogP contribution in [0.4, 0.5) is 0 Å². The second kappa shape index (κ2) is 9.31. The summed E-state index contributed by atoms with van der Waals surface area (Å²) in [4.78, 5) is 19.7. The second-order valence-electron chi connectivity index (χ2n) is 8.87. The summed E-state index contributed by atoms with van der Waals surface area (Å²) in [5, 5.41) is 4.07. The molecule has 30 heavy (non-hydrogen) atoms. The number of likely N-dealkylation sites (tertiary alicyclic amines) is 1. The van der Waals surface area contributed by atoms with Gasteiger partial charge >= 0.3 is 0 Å². The number of pyridine rings is 1. The van der Waals surface area contributed by atoms with Gasteiger partial charge in [-0.3, -0.25) is 4.79 Å². The third kappa shape index (κ3) is 5.10. The number of fused-ring (bicyclic) bond motifs is 1. The molecule has 0 radical (unpaired) electrons. The SMILES string of the molecule is COCC(NC(=O)c1ccc2cc(OC3CCN(C(C)C)CC3)ccc2n1)C1CC1. The number of rotatable bonds is 8. The van der Waals surface area contributed by atoms with E-state index in [1.807, 2.05) is 24.3 Å². The third-order valence-corrected chi connectivity index (χ3v) is 6.26. The van der Waals surface area contributed by atoms with E-state index in [1.165, 1.54) is 0 Å². The summed E-state index contributed by atoms with van der Waals surface area (Å²) in [7, 11) is 1.67. The summed E-state index contributed by atoms with van der Waals surface area (Å²) >= 11 is 0. The number of ether oxygens (including phenoxy) is 2. The second-order valence-corrected chi connectivity index (χ2v) is 8.87. The van der Waals surface area contributed by atoms with Crippen molar-refractivity contribution < 1.29 is 14.3 Å². The highest BCUT2D eigenvalue weighted by molar-refractivity contribution is 5.95. The fraction of sp³-hybridized carbons (Fsp3) is 0.583. The van der Waals surface area contributed by atoms with Gasteiger partial charge in [-0.1, -0.05) is 6.07 Å². The van der Waals surface area contributed by atoms with Crippen LogP contribution in [0.2, 0.25) is 0 Å². The van der Waals surface area contributed by atoms with Crippen LogP contribution >= 0.6 is 0 Å². The molecule has 162 valence electrons. The molecule has 2 heterocycles. The van der Waals surface area contributed by atoms with E-state index < -0.39 is 0 Å². The van der Waals surface area contributed by atoms with Gasteiger partial charge in [0.2, 0.25) is 0 Å². The average molecular weight is 412 g/mol. The van der Waals surface area contributed by atoms with E-state index >= 15 is 0 Å². The molecule has 1 amide bonds. The smallest absolute Gasteiger partial charge is 0.270 e. The van der Waals surface area contributed by atoms with E-state index in [0.29, 0.717) is 24.3 Å². The van der Waals surface area contributed by atoms with E-state index in [9.17, 15) is 4.79 Å². The zero-order valence-corrected chi connectivity index (χ0v) is 18.3. The van der Waals surface area contributed by atoms with E-state index in [2.05, 4.69) is 29.0 Å². The lowest BCUT2D eigenvalue weighted by molar-refractivity contribution is 0.0844. The van der Waals surface area contributed by atoms with Gasteiger partial charge in [0.25, 0.3) is 5.91 Å². The Hall–Kier alpha value is -2.18. The maximum Gasteiger partial charge on any atom is 0.270 e. The fourth-order valence-electron chi connectivity index (χ4n) is 4.22. The Morgan fingerprint density at radius 3 is 2.60 bits per heavy atom. The highest BCUT2D eigenvalue weighted by Gasteiger charge is 2.32. The van der Waals surface area contributed by atoms with Crippen molar-refractivity contribution in [1.82, 2.24) is 15.2 Å². The number of nitrogens with one attached hydrogen (secondary N) is 1. The summed E-state index contributed by atoms with van der Waals surface area (Å²) in [6.07, 6.45) is 4.67. The number of nitrogens with zero attached hydrogens (tertiary/aromatic N) is 2. The molecule has 6 nitrogen and oxygen atoms in total. The average Bonchev–Trinajstić information content (AvgIpc) is 3.59. The molecule has 2 aromatic rings. The predicted octanol–water partition coefficient (Wildman–Crippen LogP) is 3.64. The first kappa shape index (κ1) is 21.1. The van der Waals surface area contributed by atoms with Crippen molar-refractivity contribution in [3.8, 4) is 5.75 Å². The van der Waals surface area contributed by atoms with Crippen molar-refractivity contribution >= 4 is 16.8 Å². The van der Waals surface area contributed by atoms with Crippen LogP contribution in [0.25, 0.3) is 10.9 Å². The molecule has 1 N–H and O–H groups in total. The Morgan fingerprint density at radius 2 is 1.93 bits per heavy atom. The summed E-state index contributed by atoms with van der Waals surface area (Å²) in [5.41, 5.74) is 1.25. The molecular weight excluding hydrogens is 378 g/mol. The van der Waals surface area contributed by atoms with Crippen LogP contribution in [0.1, 0.15) is 50.0 Å². The van der Waals surface area contributed by atoms with Gasteiger partial charge < -0.3 is 19.7 Å². The zero-order valence-electron chi connectivity index (χ0n) is 18.3. The maximum atomic E-state index is 12.7. The maximum absolute atomic E-state index is 12.7. The number of carbonyl (C=O) groups is 1. The molecule has 1 atom stereocenters. The van der Waals surface area contributed by atoms with Gasteiger partial charge in [0.1, 0.15) is 17.5 Å². The lowest BCUT2D eigenvalue weighted by Gasteiger charge is -2.34. The largest absolute Gasteiger partial charge is 0.490 e. The number of benzene rings is 1. The zero-order chi connectivity index (χ0) is 21.1. The van der Waals surface area contributed by atoms with Crippen LogP contribution in [0.5, 0.6) is 5.75 Å². The number of aromatic nitrogens is 1. The van der Waals surface area contributed by atoms with Crippen molar-refractivity contribution in [2.75, 3.05) is 26.8 Å². The topological polar surface area (TPSA) is 63.7 Å². The molecule has 1 aromatic carbocycles. The van der Waals surface area contributed by atoms with Gasteiger partial charge in [0, 0.05) is 31.6 Å². The van der Waals surface area contributed by atoms with Crippen molar-refractivity contribution in [1.29, 1.82) is 0 Å². The number of carbonyl (C=O) groups excluding carboxylic acids is 1. The molecule has 1 aliphatic carbocycles. The number of hydrogen-bond donors (Lipinski definition) is 1. The monoisotopic (exact) mass is 411 g/mol. The van der Waals surface area contributed by atoms with E-state index in [4.69, 9.17) is 9.47 Å². The van der Waals surface area contributed by atoms with Crippen LogP contribution in [0, 0.1) is 5.92 Å². The minimum Gasteiger partial charge on any atom is -0.490 e. The lowest BCUT2D eigenvalue weighted by Crippen LogP contribution is -2.41. The summed E-state index contributed by atoms with van der Waals surface area (Å²) in [6, 6.07) is 10.3. The van der Waals surface area contributed by atoms with Crippen LogP contribution in [0.3, 0.4) is 0 Å². The Labute approximate surface area is 178 Å². The summed E-state index contributed by atoms with van der Waals surface area (Å²) in [5.74, 6) is 1.27. The third-order valence-electron chi connectivity index (χ3n) is 6.26. The van der Waals surface area contributed by atoms with E-state index in [-0.39, 0.29) is 18.1 Å². The van der Waals surface area contributed by atoms with Gasteiger partial charge in [-0.15, -0.1) is 0 Å². The van der Waals surface area contributed by atoms with Crippen LogP contribution < -0.4 is 10.1 Å². The molecule has 2 aliphatic rings. The Kier molecular flexibility index (Phi) is 6.54. The lowest BCUT2D eigenvalue weighted by atomic mass is 10.1. The minimum atomic E-state index is -0.136. The molecule has 0 spiro atoms. The van der Waals surface area contributed by atoms with Gasteiger partial charge in [0.15, 0.2) is 0 Å². The van der Waals surface area contributed by atoms with Crippen molar-refractivity contribution in [2.24, 2.45) is 5.92 Å². The first-order valence-electron chi connectivity index (χ1n) is 11.1. The molecule has 0 bridgehead atoms. The van der Waals surface area contributed by atoms with Gasteiger partial charge in [-0.2, -0.15) is 0 Å². The molecule has 1 aromatic heterocycles. The number of piperidine rings is 1. The molecule has 1 aliphatic heterocycles. The Morgan fingerprint density at radius 1 is 1.17 bits per heavy atom. The molecule has 1 saturated heterocycles. The van der Waals surface area contributed by atoms with Crippen LogP contribution in [-0.4, -0.2) is 60.8 Å². The molecular formula is C24H33N3O3. The summed E-state index contributed by atoms with van der Waals surface area (Å²) in [6.45, 7) is 7.20. The molecule has 2 fully saturated rings. The first-order valence-corrected chi connectivity index (χ1v) is 11.1. The molecule has 6 heteroatoms. The van der Waals surface area contributed by atoms with Crippen LogP contribution in [0.15, 0.2) is 30.3 Å². The van der Waals surface area contributed by atoms with Gasteiger partial charge in [-0.05, 0) is 69.7 Å². The minimum absolute atomic E-state index is 0.0675. The number of amides is 1. The van der Waals surface area contributed by atoms with Gasteiger partial charge in [0.05, 0.1) is 18.2 Å². The summed E-state index contributed by atoms with van der Waals surface area (Å²) < 4.78 is 11.5. The van der Waals surface area contributed by atoms with Crippen molar-refractivity contribution in [2.45, 2.75) is 57.7 Å². The number of methoxy groups -OCH3 is 1. The number of hydrogen-bond acceptors (Lipinski definition) is 5. The van der Waals surface area contributed by atoms with E-state index in [1.54, 1.807) is 13.2 Å².